The number of thiophene rings is 1. The lowest BCUT2D eigenvalue weighted by Gasteiger charge is -2.10. The summed E-state index contributed by atoms with van der Waals surface area (Å²) in [5, 5.41) is 0.539. The maximum Gasteiger partial charge on any atom is 0.451 e. The summed E-state index contributed by atoms with van der Waals surface area (Å²) in [5.74, 6) is -1.57. The average molecular weight is 476 g/mol. The van der Waals surface area contributed by atoms with Gasteiger partial charge >= 0.3 is 6.18 Å². The lowest BCUT2D eigenvalue weighted by molar-refractivity contribution is -0.145. The van der Waals surface area contributed by atoms with Crippen molar-refractivity contribution in [3.05, 3.63) is 52.0 Å². The Morgan fingerprint density at radius 3 is 2.60 bits per heavy atom. The molecule has 0 unspecified atom stereocenters. The number of halogens is 3. The number of hydrogen-bond acceptors (Lipinski definition) is 7. The Bertz CT molecular complexity index is 1180. The summed E-state index contributed by atoms with van der Waals surface area (Å²) in [6, 6.07) is 9.69. The Balaban J connectivity index is 1.71. The molecule has 0 amide bonds. The van der Waals surface area contributed by atoms with Gasteiger partial charge in [-0.25, -0.2) is 23.1 Å². The number of carbonyl (C=O) groups excluding carboxylic acids is 1. The number of sulfonamides is 1. The van der Waals surface area contributed by atoms with E-state index < -0.39 is 22.0 Å². The average Bonchev–Trinajstić information content (AvgIpc) is 3.13. The monoisotopic (exact) mass is 475 g/mol. The number of carbonyl (C=O) groups is 1. The van der Waals surface area contributed by atoms with Gasteiger partial charge in [-0.3, -0.25) is 4.79 Å². The van der Waals surface area contributed by atoms with E-state index in [4.69, 9.17) is 0 Å². The van der Waals surface area contributed by atoms with E-state index in [2.05, 4.69) is 14.7 Å². The second kappa shape index (κ2) is 9.00. The fourth-order valence-corrected chi connectivity index (χ4v) is 4.92. The number of alkyl halides is 3. The molecule has 0 aliphatic carbocycles. The Kier molecular flexibility index (Phi) is 6.80. The maximum absolute atomic E-state index is 13.1. The molecule has 30 heavy (non-hydrogen) atoms. The molecule has 0 saturated heterocycles. The Hall–Kier alpha value is -2.02. The summed E-state index contributed by atoms with van der Waals surface area (Å²) in [7, 11) is -3.28. The summed E-state index contributed by atoms with van der Waals surface area (Å²) in [6.45, 7) is 0.217. The van der Waals surface area contributed by atoms with E-state index in [0.717, 1.165) is 22.9 Å². The third-order valence-corrected chi connectivity index (χ3v) is 6.74. The first-order valence-electron chi connectivity index (χ1n) is 8.56. The topological polar surface area (TPSA) is 89.0 Å². The van der Waals surface area contributed by atoms with Crippen molar-refractivity contribution in [2.24, 2.45) is 0 Å². The first kappa shape index (κ1) is 22.7. The van der Waals surface area contributed by atoms with Crippen molar-refractivity contribution in [2.75, 3.05) is 18.6 Å². The number of hydrogen-bond donors (Lipinski definition) is 1. The van der Waals surface area contributed by atoms with Crippen LogP contribution < -0.4 is 4.72 Å². The quantitative estimate of drug-likeness (QED) is 0.303. The molecule has 2 aromatic heterocycles. The molecule has 0 bridgehead atoms. The fraction of sp³-hybridized carbons (Fsp3) is 0.278. The summed E-state index contributed by atoms with van der Waals surface area (Å²) in [6.07, 6.45) is -3.19. The normalized spacial score (nSPS) is 12.4. The van der Waals surface area contributed by atoms with Gasteiger partial charge in [-0.05, 0) is 24.6 Å². The van der Waals surface area contributed by atoms with E-state index in [0.29, 0.717) is 16.7 Å². The number of nitrogens with zero attached hydrogens (tertiary/aromatic N) is 2. The molecule has 12 heteroatoms. The molecule has 160 valence electrons. The van der Waals surface area contributed by atoms with E-state index in [-0.39, 0.29) is 28.6 Å². The minimum atomic E-state index is -4.69. The number of rotatable bonds is 8. The molecule has 0 aliphatic rings. The SMILES string of the molecule is CS(=O)(=O)NCCc1ccc(C(=O)CSc2nc(C(F)(F)F)nc3ccccc23)s1. The van der Waals surface area contributed by atoms with Crippen LogP contribution in [0.2, 0.25) is 0 Å². The van der Waals surface area contributed by atoms with Crippen molar-refractivity contribution in [3.63, 3.8) is 0 Å². The molecule has 0 atom stereocenters. The van der Waals surface area contributed by atoms with Crippen LogP contribution in [0.4, 0.5) is 13.2 Å². The van der Waals surface area contributed by atoms with Crippen molar-refractivity contribution in [1.82, 2.24) is 14.7 Å². The van der Waals surface area contributed by atoms with Crippen LogP contribution in [-0.4, -0.2) is 42.7 Å². The Morgan fingerprint density at radius 1 is 1.17 bits per heavy atom. The van der Waals surface area contributed by atoms with Gasteiger partial charge in [0.15, 0.2) is 5.78 Å². The van der Waals surface area contributed by atoms with Crippen molar-refractivity contribution in [1.29, 1.82) is 0 Å². The molecule has 2 heterocycles. The van der Waals surface area contributed by atoms with E-state index in [1.54, 1.807) is 30.3 Å². The highest BCUT2D eigenvalue weighted by molar-refractivity contribution is 8.00. The molecular formula is C18H16F3N3O3S3. The predicted molar refractivity (Wildman–Crippen MR) is 110 cm³/mol. The van der Waals surface area contributed by atoms with Gasteiger partial charge in [0.25, 0.3) is 0 Å². The fourth-order valence-electron chi connectivity index (χ4n) is 2.51. The second-order valence-electron chi connectivity index (χ2n) is 6.26. The molecule has 0 spiro atoms. The minimum Gasteiger partial charge on any atom is -0.292 e. The highest BCUT2D eigenvalue weighted by Crippen LogP contribution is 2.32. The van der Waals surface area contributed by atoms with Gasteiger partial charge in [-0.15, -0.1) is 11.3 Å². The van der Waals surface area contributed by atoms with Gasteiger partial charge in [0.1, 0.15) is 5.03 Å². The molecule has 1 aromatic carbocycles. The number of aromatic nitrogens is 2. The molecule has 0 saturated carbocycles. The van der Waals surface area contributed by atoms with Crippen LogP contribution in [0.5, 0.6) is 0 Å². The van der Waals surface area contributed by atoms with Crippen LogP contribution in [0.1, 0.15) is 20.4 Å². The molecule has 1 N–H and O–H groups in total. The Labute approximate surface area is 179 Å². The van der Waals surface area contributed by atoms with Crippen molar-refractivity contribution >= 4 is 49.8 Å². The summed E-state index contributed by atoms with van der Waals surface area (Å²) >= 11 is 2.16. The Morgan fingerprint density at radius 2 is 1.90 bits per heavy atom. The minimum absolute atomic E-state index is 0.0835. The van der Waals surface area contributed by atoms with E-state index in [1.807, 2.05) is 0 Å². The molecule has 0 aliphatic heterocycles. The third kappa shape index (κ3) is 6.00. The van der Waals surface area contributed by atoms with Gasteiger partial charge in [0.05, 0.1) is 22.4 Å². The van der Waals surface area contributed by atoms with Gasteiger partial charge in [-0.2, -0.15) is 13.2 Å². The summed E-state index contributed by atoms with van der Waals surface area (Å²) in [5.41, 5.74) is 0.159. The van der Waals surface area contributed by atoms with Crippen LogP contribution in [-0.2, 0) is 22.6 Å². The van der Waals surface area contributed by atoms with Crippen LogP contribution in [0.15, 0.2) is 41.4 Å². The van der Waals surface area contributed by atoms with Gasteiger partial charge < -0.3 is 0 Å². The summed E-state index contributed by atoms with van der Waals surface area (Å²) in [4.78, 5) is 21.0. The van der Waals surface area contributed by atoms with Gasteiger partial charge in [-0.1, -0.05) is 30.0 Å². The molecular weight excluding hydrogens is 459 g/mol. The van der Waals surface area contributed by atoms with E-state index in [1.165, 1.54) is 17.4 Å². The van der Waals surface area contributed by atoms with E-state index in [9.17, 15) is 26.4 Å². The van der Waals surface area contributed by atoms with Crippen molar-refractivity contribution in [3.8, 4) is 0 Å². The number of benzene rings is 1. The zero-order chi connectivity index (χ0) is 21.9. The number of Topliss-reactive ketones (excluding diaryl/α,β-unsaturated/α-hetero) is 1. The van der Waals surface area contributed by atoms with E-state index >= 15 is 0 Å². The van der Waals surface area contributed by atoms with Crippen LogP contribution in [0.25, 0.3) is 10.9 Å². The highest BCUT2D eigenvalue weighted by atomic mass is 32.2. The van der Waals surface area contributed by atoms with Crippen LogP contribution in [0, 0.1) is 0 Å². The smallest absolute Gasteiger partial charge is 0.292 e. The maximum atomic E-state index is 13.1. The van der Waals surface area contributed by atoms with Crippen molar-refractivity contribution < 1.29 is 26.4 Å². The lowest BCUT2D eigenvalue weighted by atomic mass is 10.2. The molecule has 0 radical (unpaired) electrons. The van der Waals surface area contributed by atoms with Crippen molar-refractivity contribution in [2.45, 2.75) is 17.6 Å². The number of para-hydroxylation sites is 1. The first-order chi connectivity index (χ1) is 14.0. The zero-order valence-corrected chi connectivity index (χ0v) is 18.0. The predicted octanol–water partition coefficient (Wildman–Crippen LogP) is 3.78. The van der Waals surface area contributed by atoms with Gasteiger partial charge in [0, 0.05) is 16.8 Å². The standard InChI is InChI=1S/C18H16F3N3O3S3/c1-30(26,27)22-9-8-11-6-7-15(29-11)14(25)10-28-16-12-4-2-3-5-13(12)23-17(24-16)18(19,20)21/h2-7,22H,8-10H2,1H3. The second-order valence-corrected chi connectivity index (χ2v) is 10.2. The van der Waals surface area contributed by atoms with Crippen LogP contribution >= 0.6 is 23.1 Å². The zero-order valence-electron chi connectivity index (χ0n) is 15.6. The molecule has 0 fully saturated rings. The number of thioether (sulfide) groups is 1. The highest BCUT2D eigenvalue weighted by Gasteiger charge is 2.35. The van der Waals surface area contributed by atoms with Crippen LogP contribution in [0.3, 0.4) is 0 Å². The number of ketones is 1. The third-order valence-electron chi connectivity index (χ3n) is 3.83. The number of fused-ring (bicyclic) bond motifs is 1. The molecule has 3 aromatic rings. The molecule has 6 nitrogen and oxygen atoms in total. The largest absolute Gasteiger partial charge is 0.451 e. The molecule has 3 rings (SSSR count). The number of nitrogens with one attached hydrogen (secondary N) is 1. The first-order valence-corrected chi connectivity index (χ1v) is 12.3. The lowest BCUT2D eigenvalue weighted by Crippen LogP contribution is -2.23. The van der Waals surface area contributed by atoms with Gasteiger partial charge in [0.2, 0.25) is 15.8 Å². The summed E-state index contributed by atoms with van der Waals surface area (Å²) < 4.78 is 63.8.